The topological polar surface area (TPSA) is 33.0 Å². The summed E-state index contributed by atoms with van der Waals surface area (Å²) in [5, 5.41) is 9.47. The Balaban J connectivity index is 1.81. The second-order valence-electron chi connectivity index (χ2n) is 6.02. The maximum absolute atomic E-state index is 9.47. The van der Waals surface area contributed by atoms with Crippen LogP contribution in [0.1, 0.15) is 25.8 Å². The van der Waals surface area contributed by atoms with Crippen LogP contribution in [0.25, 0.3) is 0 Å². The molecule has 1 unspecified atom stereocenters. The summed E-state index contributed by atoms with van der Waals surface area (Å²) >= 11 is 0. The molecule has 2 nitrogen and oxygen atoms in total. The van der Waals surface area contributed by atoms with E-state index in [9.17, 15) is 5.26 Å². The largest absolute Gasteiger partial charge is 0.457 e. The molecule has 0 heterocycles. The van der Waals surface area contributed by atoms with Crippen molar-refractivity contribution in [1.29, 1.82) is 5.26 Å². The molecule has 100 valence electrons. The summed E-state index contributed by atoms with van der Waals surface area (Å²) in [7, 11) is 0. The Morgan fingerprint density at radius 3 is 2.00 bits per heavy atom. The highest BCUT2D eigenvalue weighted by Gasteiger charge is 2.62. The molecule has 3 rings (SSSR count). The van der Waals surface area contributed by atoms with Gasteiger partial charge in [0.2, 0.25) is 0 Å². The van der Waals surface area contributed by atoms with Gasteiger partial charge in [0.1, 0.15) is 11.5 Å². The van der Waals surface area contributed by atoms with Gasteiger partial charge in [-0.15, -0.1) is 0 Å². The van der Waals surface area contributed by atoms with Crippen LogP contribution in [0, 0.1) is 16.7 Å². The van der Waals surface area contributed by atoms with Crippen LogP contribution in [-0.2, 0) is 5.41 Å². The van der Waals surface area contributed by atoms with Crippen molar-refractivity contribution >= 4 is 0 Å². The zero-order valence-electron chi connectivity index (χ0n) is 11.8. The number of benzene rings is 2. The van der Waals surface area contributed by atoms with E-state index in [0.29, 0.717) is 0 Å². The smallest absolute Gasteiger partial charge is 0.127 e. The maximum Gasteiger partial charge on any atom is 0.127 e. The zero-order valence-corrected chi connectivity index (χ0v) is 11.8. The highest BCUT2D eigenvalue weighted by atomic mass is 16.5. The van der Waals surface area contributed by atoms with Gasteiger partial charge >= 0.3 is 0 Å². The molecule has 0 bridgehead atoms. The van der Waals surface area contributed by atoms with Crippen molar-refractivity contribution in [3.8, 4) is 17.6 Å². The minimum absolute atomic E-state index is 0.0730. The van der Waals surface area contributed by atoms with E-state index in [1.165, 1.54) is 0 Å². The molecular weight excluding hydrogens is 246 g/mol. The van der Waals surface area contributed by atoms with Gasteiger partial charge in [0, 0.05) is 0 Å². The van der Waals surface area contributed by atoms with Gasteiger partial charge in [-0.25, -0.2) is 0 Å². The third kappa shape index (κ3) is 1.96. The molecule has 1 atom stereocenters. The van der Waals surface area contributed by atoms with Crippen LogP contribution in [0.15, 0.2) is 54.6 Å². The minimum atomic E-state index is -0.321. The average Bonchev–Trinajstić information content (AvgIpc) is 3.04. The van der Waals surface area contributed by atoms with Gasteiger partial charge in [-0.2, -0.15) is 5.26 Å². The number of para-hydroxylation sites is 1. The highest BCUT2D eigenvalue weighted by molar-refractivity contribution is 5.46. The monoisotopic (exact) mass is 263 g/mol. The Kier molecular flexibility index (Phi) is 2.79. The summed E-state index contributed by atoms with van der Waals surface area (Å²) in [4.78, 5) is 0. The Hall–Kier alpha value is -2.27. The van der Waals surface area contributed by atoms with Crippen LogP contribution < -0.4 is 4.74 Å². The van der Waals surface area contributed by atoms with Crippen molar-refractivity contribution in [2.24, 2.45) is 5.41 Å². The molecule has 0 aliphatic heterocycles. The van der Waals surface area contributed by atoms with Crippen LogP contribution in [-0.4, -0.2) is 0 Å². The molecule has 1 aliphatic rings. The number of nitriles is 1. The van der Waals surface area contributed by atoms with Crippen LogP contribution in [0.5, 0.6) is 11.5 Å². The highest BCUT2D eigenvalue weighted by Crippen LogP contribution is 2.63. The second kappa shape index (κ2) is 4.38. The maximum atomic E-state index is 9.47. The minimum Gasteiger partial charge on any atom is -0.457 e. The molecule has 0 spiro atoms. The molecule has 1 saturated carbocycles. The molecule has 1 aliphatic carbocycles. The van der Waals surface area contributed by atoms with E-state index >= 15 is 0 Å². The summed E-state index contributed by atoms with van der Waals surface area (Å²) in [6, 6.07) is 20.1. The van der Waals surface area contributed by atoms with Gasteiger partial charge in [0.25, 0.3) is 0 Å². The predicted molar refractivity (Wildman–Crippen MR) is 78.6 cm³/mol. The van der Waals surface area contributed by atoms with Crippen molar-refractivity contribution in [2.45, 2.75) is 25.7 Å². The molecule has 0 amide bonds. The normalized spacial score (nSPS) is 22.9. The molecule has 0 N–H and O–H groups in total. The molecule has 0 saturated heterocycles. The quantitative estimate of drug-likeness (QED) is 0.806. The van der Waals surface area contributed by atoms with Crippen LogP contribution in [0.2, 0.25) is 0 Å². The van der Waals surface area contributed by atoms with E-state index in [1.54, 1.807) is 0 Å². The van der Waals surface area contributed by atoms with Gasteiger partial charge in [0.15, 0.2) is 0 Å². The fourth-order valence-electron chi connectivity index (χ4n) is 2.80. The number of nitrogens with zero attached hydrogens (tertiary/aromatic N) is 1. The molecule has 0 radical (unpaired) electrons. The molecule has 2 aromatic carbocycles. The lowest BCUT2D eigenvalue weighted by Gasteiger charge is -2.13. The molecule has 1 fully saturated rings. The van der Waals surface area contributed by atoms with Gasteiger partial charge in [-0.3, -0.25) is 0 Å². The molecule has 2 aromatic rings. The Labute approximate surface area is 119 Å². The fourth-order valence-corrected chi connectivity index (χ4v) is 2.80. The molecular formula is C18H17NO. The predicted octanol–water partition coefficient (Wildman–Crippen LogP) is 4.67. The first kappa shape index (κ1) is 12.7. The van der Waals surface area contributed by atoms with E-state index in [2.05, 4.69) is 19.9 Å². The summed E-state index contributed by atoms with van der Waals surface area (Å²) in [6.07, 6.45) is 0.926. The van der Waals surface area contributed by atoms with E-state index in [-0.39, 0.29) is 10.8 Å². The first-order valence-corrected chi connectivity index (χ1v) is 6.82. The lowest BCUT2D eigenvalue weighted by Crippen LogP contribution is -2.11. The average molecular weight is 263 g/mol. The van der Waals surface area contributed by atoms with E-state index < -0.39 is 0 Å². The summed E-state index contributed by atoms with van der Waals surface area (Å²) in [6.45, 7) is 4.29. The standard InChI is InChI=1S/C18H17NO/c1-17(2)12-18(17,13-19)14-8-10-16(11-9-14)20-15-6-4-3-5-7-15/h3-11H,12H2,1-2H3. The van der Waals surface area contributed by atoms with Crippen LogP contribution >= 0.6 is 0 Å². The fraction of sp³-hybridized carbons (Fsp3) is 0.278. The summed E-state index contributed by atoms with van der Waals surface area (Å²) < 4.78 is 5.77. The van der Waals surface area contributed by atoms with Crippen molar-refractivity contribution in [2.75, 3.05) is 0 Å². The summed E-state index contributed by atoms with van der Waals surface area (Å²) in [5.41, 5.74) is 0.840. The third-order valence-corrected chi connectivity index (χ3v) is 4.25. The lowest BCUT2D eigenvalue weighted by atomic mass is 9.89. The van der Waals surface area contributed by atoms with Crippen molar-refractivity contribution in [3.63, 3.8) is 0 Å². The SMILES string of the molecule is CC1(C)CC1(C#N)c1ccc(Oc2ccccc2)cc1. The Morgan fingerprint density at radius 2 is 1.50 bits per heavy atom. The molecule has 20 heavy (non-hydrogen) atoms. The van der Waals surface area contributed by atoms with Crippen molar-refractivity contribution in [1.82, 2.24) is 0 Å². The Bertz CT molecular complexity index is 652. The van der Waals surface area contributed by atoms with Crippen molar-refractivity contribution < 1.29 is 4.74 Å². The van der Waals surface area contributed by atoms with Crippen LogP contribution in [0.4, 0.5) is 0 Å². The summed E-state index contributed by atoms with van der Waals surface area (Å²) in [5.74, 6) is 1.62. The van der Waals surface area contributed by atoms with E-state index in [4.69, 9.17) is 4.74 Å². The second-order valence-corrected chi connectivity index (χ2v) is 6.02. The van der Waals surface area contributed by atoms with Crippen LogP contribution in [0.3, 0.4) is 0 Å². The Morgan fingerprint density at radius 1 is 0.950 bits per heavy atom. The first-order chi connectivity index (χ1) is 9.57. The van der Waals surface area contributed by atoms with Gasteiger partial charge < -0.3 is 4.74 Å². The molecule has 2 heteroatoms. The number of hydrogen-bond donors (Lipinski definition) is 0. The van der Waals surface area contributed by atoms with E-state index in [1.807, 2.05) is 54.6 Å². The third-order valence-electron chi connectivity index (χ3n) is 4.25. The van der Waals surface area contributed by atoms with Gasteiger partial charge in [-0.1, -0.05) is 44.2 Å². The number of ether oxygens (including phenoxy) is 1. The number of rotatable bonds is 3. The van der Waals surface area contributed by atoms with Crippen molar-refractivity contribution in [3.05, 3.63) is 60.2 Å². The van der Waals surface area contributed by atoms with Gasteiger partial charge in [0.05, 0.1) is 11.5 Å². The first-order valence-electron chi connectivity index (χ1n) is 6.82. The number of hydrogen-bond acceptors (Lipinski definition) is 2. The lowest BCUT2D eigenvalue weighted by molar-refractivity contribution is 0.482. The molecule has 0 aromatic heterocycles. The van der Waals surface area contributed by atoms with Gasteiger partial charge in [-0.05, 0) is 41.7 Å². The van der Waals surface area contributed by atoms with E-state index in [0.717, 1.165) is 23.5 Å². The zero-order chi connectivity index (χ0) is 14.2.